The Balaban J connectivity index is 2.41. The number of anilines is 1. The van der Waals surface area contributed by atoms with Gasteiger partial charge in [0.15, 0.2) is 9.84 Å². The van der Waals surface area contributed by atoms with E-state index in [4.69, 9.17) is 0 Å². The first-order valence-electron chi connectivity index (χ1n) is 6.74. The number of nitrogens with zero attached hydrogens (tertiary/aromatic N) is 1. The smallest absolute Gasteiger partial charge is 0.293 e. The van der Waals surface area contributed by atoms with Gasteiger partial charge in [-0.15, -0.1) is 0 Å². The van der Waals surface area contributed by atoms with Crippen molar-refractivity contribution in [1.82, 2.24) is 0 Å². The van der Waals surface area contributed by atoms with Crippen LogP contribution in [-0.2, 0) is 9.84 Å². The van der Waals surface area contributed by atoms with E-state index in [-0.39, 0.29) is 22.9 Å². The number of sulfone groups is 1. The van der Waals surface area contributed by atoms with Gasteiger partial charge in [-0.1, -0.05) is 30.3 Å². The molecule has 0 radical (unpaired) electrons. The van der Waals surface area contributed by atoms with Gasteiger partial charge < -0.3 is 10.4 Å². The molecule has 0 aliphatic heterocycles. The summed E-state index contributed by atoms with van der Waals surface area (Å²) in [6.45, 7) is -0.269. The van der Waals surface area contributed by atoms with E-state index in [2.05, 4.69) is 5.32 Å². The SMILES string of the molecule is CS(=O)(=O)c1ccc(N[C@@H](CO)c2ccccc2)c([N+](=O)[O-])c1. The molecule has 1 atom stereocenters. The number of aliphatic hydroxyl groups excluding tert-OH is 1. The van der Waals surface area contributed by atoms with Crippen LogP contribution in [0.4, 0.5) is 11.4 Å². The van der Waals surface area contributed by atoms with E-state index in [9.17, 15) is 23.6 Å². The van der Waals surface area contributed by atoms with E-state index in [1.54, 1.807) is 24.3 Å². The molecule has 0 bridgehead atoms. The third kappa shape index (κ3) is 4.05. The van der Waals surface area contributed by atoms with Crippen LogP contribution in [0.1, 0.15) is 11.6 Å². The van der Waals surface area contributed by atoms with Crippen LogP contribution in [0.3, 0.4) is 0 Å². The van der Waals surface area contributed by atoms with Gasteiger partial charge in [-0.3, -0.25) is 10.1 Å². The molecule has 0 heterocycles. The first kappa shape index (κ1) is 16.9. The van der Waals surface area contributed by atoms with Crippen LogP contribution in [0, 0.1) is 10.1 Å². The minimum atomic E-state index is -3.54. The third-order valence-electron chi connectivity index (χ3n) is 3.31. The van der Waals surface area contributed by atoms with Crippen molar-refractivity contribution in [3.63, 3.8) is 0 Å². The Morgan fingerprint density at radius 2 is 1.87 bits per heavy atom. The molecule has 2 aromatic rings. The van der Waals surface area contributed by atoms with Crippen molar-refractivity contribution in [2.45, 2.75) is 10.9 Å². The van der Waals surface area contributed by atoms with Gasteiger partial charge in [-0.05, 0) is 17.7 Å². The molecule has 0 amide bonds. The van der Waals surface area contributed by atoms with Gasteiger partial charge in [0.25, 0.3) is 5.69 Å². The van der Waals surface area contributed by atoms with Crippen molar-refractivity contribution in [1.29, 1.82) is 0 Å². The second-order valence-electron chi connectivity index (χ2n) is 5.00. The quantitative estimate of drug-likeness (QED) is 0.618. The number of aliphatic hydroxyl groups is 1. The highest BCUT2D eigenvalue weighted by molar-refractivity contribution is 7.90. The minimum Gasteiger partial charge on any atom is -0.394 e. The fourth-order valence-electron chi connectivity index (χ4n) is 2.12. The lowest BCUT2D eigenvalue weighted by atomic mass is 10.1. The fraction of sp³-hybridized carbons (Fsp3) is 0.200. The van der Waals surface area contributed by atoms with E-state index in [0.29, 0.717) is 0 Å². The van der Waals surface area contributed by atoms with Crippen molar-refractivity contribution in [2.75, 3.05) is 18.2 Å². The molecule has 122 valence electrons. The number of nitro groups is 1. The molecule has 0 aliphatic carbocycles. The number of rotatable bonds is 6. The summed E-state index contributed by atoms with van der Waals surface area (Å²) >= 11 is 0. The lowest BCUT2D eigenvalue weighted by molar-refractivity contribution is -0.384. The molecule has 0 fully saturated rings. The summed E-state index contributed by atoms with van der Waals surface area (Å²) in [5.41, 5.74) is 0.545. The molecule has 0 saturated carbocycles. The van der Waals surface area contributed by atoms with Crippen molar-refractivity contribution in [3.05, 3.63) is 64.2 Å². The van der Waals surface area contributed by atoms with Gasteiger partial charge >= 0.3 is 0 Å². The highest BCUT2D eigenvalue weighted by Crippen LogP contribution is 2.30. The van der Waals surface area contributed by atoms with Crippen molar-refractivity contribution < 1.29 is 18.4 Å². The zero-order chi connectivity index (χ0) is 17.0. The predicted molar refractivity (Wildman–Crippen MR) is 86.1 cm³/mol. The largest absolute Gasteiger partial charge is 0.394 e. The Morgan fingerprint density at radius 1 is 1.22 bits per heavy atom. The summed E-state index contributed by atoms with van der Waals surface area (Å²) < 4.78 is 23.1. The molecule has 0 aliphatic rings. The average molecular weight is 336 g/mol. The molecule has 0 aromatic heterocycles. The fourth-order valence-corrected chi connectivity index (χ4v) is 2.76. The van der Waals surface area contributed by atoms with Gasteiger partial charge in [0.1, 0.15) is 5.69 Å². The number of benzene rings is 2. The standard InChI is InChI=1S/C15H16N2O5S/c1-23(21,22)12-7-8-13(15(9-12)17(19)20)16-14(10-18)11-5-3-2-4-6-11/h2-9,14,16,18H,10H2,1H3/t14-/m0/s1. The Bertz CT molecular complexity index is 806. The van der Waals surface area contributed by atoms with Gasteiger partial charge in [0.05, 0.1) is 22.5 Å². The summed E-state index contributed by atoms with van der Waals surface area (Å²) in [5.74, 6) is 0. The van der Waals surface area contributed by atoms with Crippen LogP contribution in [0.5, 0.6) is 0 Å². The summed E-state index contributed by atoms with van der Waals surface area (Å²) in [6, 6.07) is 12.1. The van der Waals surface area contributed by atoms with Crippen molar-refractivity contribution in [3.8, 4) is 0 Å². The maximum Gasteiger partial charge on any atom is 0.293 e. The number of hydrogen-bond acceptors (Lipinski definition) is 6. The third-order valence-corrected chi connectivity index (χ3v) is 4.42. The summed E-state index contributed by atoms with van der Waals surface area (Å²) in [7, 11) is -3.54. The Morgan fingerprint density at radius 3 is 2.39 bits per heavy atom. The minimum absolute atomic E-state index is 0.130. The number of hydrogen-bond donors (Lipinski definition) is 2. The first-order valence-corrected chi connectivity index (χ1v) is 8.63. The summed E-state index contributed by atoms with van der Waals surface area (Å²) in [4.78, 5) is 10.4. The molecule has 0 spiro atoms. The molecule has 2 rings (SSSR count). The molecule has 2 N–H and O–H groups in total. The van der Waals surface area contributed by atoms with Crippen LogP contribution in [0.2, 0.25) is 0 Å². The lowest BCUT2D eigenvalue weighted by Crippen LogP contribution is -2.15. The normalized spacial score (nSPS) is 12.6. The highest BCUT2D eigenvalue weighted by Gasteiger charge is 2.21. The second kappa shape index (κ2) is 6.76. The molecule has 8 heteroatoms. The molecule has 2 aromatic carbocycles. The predicted octanol–water partition coefficient (Wildman–Crippen LogP) is 2.14. The monoisotopic (exact) mass is 336 g/mol. The maximum absolute atomic E-state index is 11.5. The van der Waals surface area contributed by atoms with E-state index < -0.39 is 20.8 Å². The molecule has 23 heavy (non-hydrogen) atoms. The van der Waals surface area contributed by atoms with E-state index >= 15 is 0 Å². The second-order valence-corrected chi connectivity index (χ2v) is 7.01. The van der Waals surface area contributed by atoms with Crippen molar-refractivity contribution in [2.24, 2.45) is 0 Å². The molecule has 0 saturated heterocycles. The van der Waals surface area contributed by atoms with Crippen LogP contribution in [0.25, 0.3) is 0 Å². The molecule has 7 nitrogen and oxygen atoms in total. The highest BCUT2D eigenvalue weighted by atomic mass is 32.2. The first-order chi connectivity index (χ1) is 10.8. The summed E-state index contributed by atoms with van der Waals surface area (Å²) in [5, 5.41) is 23.6. The Labute approximate surface area is 133 Å². The summed E-state index contributed by atoms with van der Waals surface area (Å²) in [6.07, 6.45) is 0.986. The Hall–Kier alpha value is -2.45. The van der Waals surface area contributed by atoms with Crippen LogP contribution in [0.15, 0.2) is 53.4 Å². The van der Waals surface area contributed by atoms with Crippen LogP contribution < -0.4 is 5.32 Å². The van der Waals surface area contributed by atoms with E-state index in [0.717, 1.165) is 17.9 Å². The van der Waals surface area contributed by atoms with Crippen molar-refractivity contribution >= 4 is 21.2 Å². The van der Waals surface area contributed by atoms with Gasteiger partial charge in [-0.25, -0.2) is 8.42 Å². The molecule has 0 unspecified atom stereocenters. The number of nitrogens with one attached hydrogen (secondary N) is 1. The number of nitro benzene ring substituents is 1. The lowest BCUT2D eigenvalue weighted by Gasteiger charge is -2.18. The zero-order valence-electron chi connectivity index (χ0n) is 12.3. The molecular formula is C15H16N2O5S. The van der Waals surface area contributed by atoms with Gasteiger partial charge in [-0.2, -0.15) is 0 Å². The average Bonchev–Trinajstić information content (AvgIpc) is 2.52. The topological polar surface area (TPSA) is 110 Å². The van der Waals surface area contributed by atoms with Crippen LogP contribution >= 0.6 is 0 Å². The Kier molecular flexibility index (Phi) is 4.97. The zero-order valence-corrected chi connectivity index (χ0v) is 13.2. The van der Waals surface area contributed by atoms with Gasteiger partial charge in [0, 0.05) is 12.3 Å². The molecular weight excluding hydrogens is 320 g/mol. The maximum atomic E-state index is 11.5. The van der Waals surface area contributed by atoms with E-state index in [1.807, 2.05) is 6.07 Å². The van der Waals surface area contributed by atoms with Gasteiger partial charge in [0.2, 0.25) is 0 Å². The van der Waals surface area contributed by atoms with Crippen LogP contribution in [-0.4, -0.2) is 31.3 Å². The van der Waals surface area contributed by atoms with E-state index in [1.165, 1.54) is 12.1 Å².